The molecule has 4 rings (SSSR count). The Morgan fingerprint density at radius 1 is 1.48 bits per heavy atom. The first kappa shape index (κ1) is 19.4. The van der Waals surface area contributed by atoms with Gasteiger partial charge in [-0.05, 0) is 31.9 Å². The number of carbonyl (C=O) groups is 1. The number of rotatable bonds is 8. The molecule has 172 valence electrons. The largest absolute Gasteiger partial charge is 0.463 e. The average Bonchev–Trinajstić information content (AvgIpc) is 3.53. The van der Waals surface area contributed by atoms with Crippen LogP contribution in [0.2, 0.25) is 0 Å². The second-order valence-corrected chi connectivity index (χ2v) is 9.66. The van der Waals surface area contributed by atoms with Crippen LogP contribution in [-0.4, -0.2) is 50.9 Å². The number of ketones is 1. The van der Waals surface area contributed by atoms with E-state index < -0.39 is 23.3 Å². The first-order chi connectivity index (χ1) is 16.9. The van der Waals surface area contributed by atoms with Gasteiger partial charge in [0.25, 0.3) is 0 Å². The Kier molecular flexibility index (Phi) is 5.14. The number of hydrogen-bond acceptors (Lipinski definition) is 9. The maximum atomic E-state index is 15.0. The van der Waals surface area contributed by atoms with Crippen LogP contribution in [0.25, 0.3) is 0 Å². The Morgan fingerprint density at radius 2 is 2.30 bits per heavy atom. The molecule has 1 aliphatic heterocycles. The molecule has 0 saturated heterocycles. The van der Waals surface area contributed by atoms with E-state index in [1.165, 1.54) is 24.2 Å². The Hall–Kier alpha value is -3.03. The highest BCUT2D eigenvalue weighted by Gasteiger charge is 2.66. The SMILES string of the molecule is [2H]C([2H])([2H])OC[C@]12C[C@H]1[C@@](C)(c1cc(CC(=O)c3ncc(OCC#C)nc3C)cnc1F)N=C(N)S2. The third-order valence-corrected chi connectivity index (χ3v) is 7.24. The summed E-state index contributed by atoms with van der Waals surface area (Å²) in [4.78, 5) is 29.7. The maximum Gasteiger partial charge on any atom is 0.233 e. The number of aliphatic imine (C=N–C) groups is 1. The van der Waals surface area contributed by atoms with E-state index in [4.69, 9.17) is 25.7 Å². The zero-order chi connectivity index (χ0) is 26.3. The number of Topliss-reactive ketones (excluding diaryl/α,β-unsaturated/α-hetero) is 1. The zero-order valence-electron chi connectivity index (χ0n) is 21.1. The first-order valence-electron chi connectivity index (χ1n) is 11.6. The van der Waals surface area contributed by atoms with Crippen molar-refractivity contribution in [2.75, 3.05) is 20.3 Å². The number of hydrogen-bond donors (Lipinski definition) is 1. The molecule has 8 nitrogen and oxygen atoms in total. The molecule has 33 heavy (non-hydrogen) atoms. The molecule has 1 saturated carbocycles. The van der Waals surface area contributed by atoms with Crippen molar-refractivity contribution < 1.29 is 22.8 Å². The minimum atomic E-state index is -2.55. The van der Waals surface area contributed by atoms with Crippen molar-refractivity contribution in [2.24, 2.45) is 16.6 Å². The molecule has 0 bridgehead atoms. The van der Waals surface area contributed by atoms with Crippen molar-refractivity contribution >= 4 is 22.7 Å². The van der Waals surface area contributed by atoms with Gasteiger partial charge in [0.2, 0.25) is 11.8 Å². The first-order valence-corrected chi connectivity index (χ1v) is 10.9. The molecular weight excluding hydrogens is 445 g/mol. The number of nitrogens with zero attached hydrogens (tertiary/aromatic N) is 4. The van der Waals surface area contributed by atoms with Crippen molar-refractivity contribution in [3.63, 3.8) is 0 Å². The quantitative estimate of drug-likeness (QED) is 0.354. The van der Waals surface area contributed by atoms with E-state index in [0.717, 1.165) is 0 Å². The minimum absolute atomic E-state index is 0.0281. The fraction of sp³-hybridized carbons (Fsp3) is 0.435. The van der Waals surface area contributed by atoms with Gasteiger partial charge in [0.05, 0.1) is 32.9 Å². The Bertz CT molecular complexity index is 1280. The van der Waals surface area contributed by atoms with Crippen LogP contribution in [0.4, 0.5) is 4.39 Å². The van der Waals surface area contributed by atoms with Crippen molar-refractivity contribution in [1.29, 1.82) is 0 Å². The van der Waals surface area contributed by atoms with Crippen molar-refractivity contribution in [1.82, 2.24) is 15.0 Å². The van der Waals surface area contributed by atoms with Crippen LogP contribution >= 0.6 is 11.8 Å². The summed E-state index contributed by atoms with van der Waals surface area (Å²) < 4.78 is 46.7. The van der Waals surface area contributed by atoms with E-state index in [0.29, 0.717) is 17.7 Å². The van der Waals surface area contributed by atoms with E-state index in [-0.39, 0.29) is 53.6 Å². The van der Waals surface area contributed by atoms with Gasteiger partial charge < -0.3 is 15.2 Å². The molecule has 10 heteroatoms. The molecule has 3 heterocycles. The van der Waals surface area contributed by atoms with Crippen LogP contribution < -0.4 is 10.5 Å². The van der Waals surface area contributed by atoms with Gasteiger partial charge in [0.1, 0.15) is 5.69 Å². The highest BCUT2D eigenvalue weighted by atomic mass is 32.2. The van der Waals surface area contributed by atoms with Gasteiger partial charge in [-0.2, -0.15) is 4.39 Å². The third kappa shape index (κ3) is 4.30. The number of carbonyl (C=O) groups excluding carboxylic acids is 1. The number of ether oxygens (including phenoxy) is 2. The van der Waals surface area contributed by atoms with Gasteiger partial charge in [-0.3, -0.25) is 9.79 Å². The third-order valence-electron chi connectivity index (χ3n) is 5.97. The fourth-order valence-corrected chi connectivity index (χ4v) is 5.73. The second-order valence-electron chi connectivity index (χ2n) is 8.23. The summed E-state index contributed by atoms with van der Waals surface area (Å²) >= 11 is 1.25. The van der Waals surface area contributed by atoms with Crippen molar-refractivity contribution in [2.45, 2.75) is 37.0 Å². The molecule has 3 atom stereocenters. The smallest absolute Gasteiger partial charge is 0.233 e. The number of aryl methyl sites for hydroxylation is 1. The highest BCUT2D eigenvalue weighted by molar-refractivity contribution is 8.15. The summed E-state index contributed by atoms with van der Waals surface area (Å²) in [6, 6.07) is 1.55. The summed E-state index contributed by atoms with van der Waals surface area (Å²) in [7, 11) is -2.55. The van der Waals surface area contributed by atoms with E-state index in [2.05, 4.69) is 25.9 Å². The second kappa shape index (κ2) is 8.72. The number of fused-ring (bicyclic) bond motifs is 1. The number of terminal acetylenes is 1. The number of methoxy groups -OCH3 is 1. The number of amidine groups is 1. The van der Waals surface area contributed by atoms with Crippen molar-refractivity contribution in [3.05, 3.63) is 46.9 Å². The summed E-state index contributed by atoms with van der Waals surface area (Å²) in [5, 5.41) is 0.208. The molecule has 0 unspecified atom stereocenters. The van der Waals surface area contributed by atoms with Crippen LogP contribution in [0.5, 0.6) is 5.88 Å². The highest BCUT2D eigenvalue weighted by Crippen LogP contribution is 2.65. The lowest BCUT2D eigenvalue weighted by atomic mass is 9.86. The average molecular weight is 473 g/mol. The number of thioether (sulfide) groups is 1. The van der Waals surface area contributed by atoms with Crippen LogP contribution in [0.1, 0.15) is 44.8 Å². The lowest BCUT2D eigenvalue weighted by Crippen LogP contribution is -2.38. The van der Waals surface area contributed by atoms with Crippen LogP contribution in [0.15, 0.2) is 23.5 Å². The van der Waals surface area contributed by atoms with Gasteiger partial charge in [0.15, 0.2) is 17.6 Å². The van der Waals surface area contributed by atoms with E-state index in [9.17, 15) is 4.79 Å². The summed E-state index contributed by atoms with van der Waals surface area (Å²) in [6.07, 6.45) is 8.22. The molecule has 1 aliphatic carbocycles. The molecule has 2 N–H and O–H groups in total. The summed E-state index contributed by atoms with van der Waals surface area (Å²) in [6.45, 7) is 3.32. The predicted octanol–water partition coefficient (Wildman–Crippen LogP) is 2.44. The lowest BCUT2D eigenvalue weighted by Gasteiger charge is -2.33. The normalized spacial score (nSPS) is 27.3. The monoisotopic (exact) mass is 472 g/mol. The summed E-state index contributed by atoms with van der Waals surface area (Å²) in [5.41, 5.74) is 6.14. The van der Waals surface area contributed by atoms with Crippen LogP contribution in [0, 0.1) is 31.1 Å². The van der Waals surface area contributed by atoms with Gasteiger partial charge in [-0.1, -0.05) is 17.7 Å². The molecule has 0 aromatic carbocycles. The van der Waals surface area contributed by atoms with Gasteiger partial charge >= 0.3 is 0 Å². The minimum Gasteiger partial charge on any atom is -0.463 e. The van der Waals surface area contributed by atoms with E-state index in [1.54, 1.807) is 19.9 Å². The molecule has 2 aromatic rings. The molecule has 0 amide bonds. The molecule has 0 spiro atoms. The molecule has 0 radical (unpaired) electrons. The van der Waals surface area contributed by atoms with Crippen molar-refractivity contribution in [3.8, 4) is 18.2 Å². The van der Waals surface area contributed by atoms with Crippen LogP contribution in [0.3, 0.4) is 0 Å². The zero-order valence-corrected chi connectivity index (χ0v) is 18.9. The van der Waals surface area contributed by atoms with Gasteiger partial charge in [0, 0.05) is 31.1 Å². The number of nitrogens with two attached hydrogens (primary N) is 1. The standard InChI is InChI=1S/C23H24FN5O3S/c1-5-6-32-18-11-26-19(13(2)28-18)16(30)8-14-7-15(20(24)27-10-14)22(3)17-9-23(17,12-31-4)33-21(25)29-22/h1,7,10-11,17H,6,8-9,12H2,2-4H3,(H2,25,29)/t17-,22+,23+/m0/s1/i4D3. The predicted molar refractivity (Wildman–Crippen MR) is 123 cm³/mol. The Labute approximate surface area is 199 Å². The molecule has 1 fully saturated rings. The van der Waals surface area contributed by atoms with Gasteiger partial charge in [-0.15, -0.1) is 6.42 Å². The summed E-state index contributed by atoms with van der Waals surface area (Å²) in [5.74, 6) is 1.24. The molecule has 2 aliphatic rings. The number of pyridine rings is 1. The van der Waals surface area contributed by atoms with E-state index in [1.807, 2.05) is 0 Å². The van der Waals surface area contributed by atoms with E-state index >= 15 is 4.39 Å². The molecule has 2 aromatic heterocycles. The molecular formula is C23H24FN5O3S. The maximum absolute atomic E-state index is 15.0. The fourth-order valence-electron chi connectivity index (χ4n) is 4.34. The Balaban J connectivity index is 1.57. The topological polar surface area (TPSA) is 113 Å². The van der Waals surface area contributed by atoms with Gasteiger partial charge in [-0.25, -0.2) is 15.0 Å². The number of aromatic nitrogens is 3. The number of halogens is 1. The lowest BCUT2D eigenvalue weighted by molar-refractivity contribution is 0.0986. The Morgan fingerprint density at radius 3 is 3.03 bits per heavy atom. The van der Waals surface area contributed by atoms with Crippen LogP contribution in [-0.2, 0) is 16.7 Å².